The van der Waals surface area contributed by atoms with Gasteiger partial charge in [0.15, 0.2) is 0 Å². The Kier molecular flexibility index (Phi) is 4.34. The Balaban J connectivity index is 2.15. The summed E-state index contributed by atoms with van der Waals surface area (Å²) in [5, 5.41) is 0. The molecule has 116 valence electrons. The summed E-state index contributed by atoms with van der Waals surface area (Å²) in [6, 6.07) is 0. The normalized spacial score (nSPS) is 21.9. The summed E-state index contributed by atoms with van der Waals surface area (Å²) < 4.78 is 10.2. The third kappa shape index (κ3) is 3.62. The van der Waals surface area contributed by atoms with Crippen LogP contribution in [-0.2, 0) is 14.3 Å². The molecule has 1 unspecified atom stereocenters. The first kappa shape index (κ1) is 15.5. The van der Waals surface area contributed by atoms with Crippen LogP contribution in [0.25, 0.3) is 0 Å². The molecule has 0 aromatic heterocycles. The van der Waals surface area contributed by atoms with E-state index in [1.165, 1.54) is 7.11 Å². The predicted octanol–water partition coefficient (Wildman–Crippen LogP) is 2.14. The Hall–Kier alpha value is -1.85. The Labute approximate surface area is 124 Å². The average Bonchev–Trinajstić information content (AvgIpc) is 2.43. The Morgan fingerprint density at radius 3 is 2.71 bits per heavy atom. The number of amides is 1. The van der Waals surface area contributed by atoms with Crippen molar-refractivity contribution in [2.24, 2.45) is 10.9 Å². The van der Waals surface area contributed by atoms with Gasteiger partial charge in [0, 0.05) is 6.54 Å². The molecule has 1 atom stereocenters. The molecule has 2 rings (SSSR count). The van der Waals surface area contributed by atoms with E-state index in [2.05, 4.69) is 4.99 Å². The minimum Gasteiger partial charge on any atom is -0.469 e. The monoisotopic (exact) mass is 294 g/mol. The highest BCUT2D eigenvalue weighted by molar-refractivity contribution is 6.07. The van der Waals surface area contributed by atoms with E-state index in [0.717, 1.165) is 18.4 Å². The van der Waals surface area contributed by atoms with Crippen molar-refractivity contribution < 1.29 is 19.1 Å². The van der Waals surface area contributed by atoms with E-state index in [9.17, 15) is 9.59 Å². The van der Waals surface area contributed by atoms with Gasteiger partial charge in [0.2, 0.25) is 0 Å². The van der Waals surface area contributed by atoms with Gasteiger partial charge in [-0.1, -0.05) is 6.08 Å². The van der Waals surface area contributed by atoms with E-state index in [0.29, 0.717) is 18.9 Å². The number of esters is 1. The molecule has 1 amide bonds. The lowest BCUT2D eigenvalue weighted by Crippen LogP contribution is -2.46. The number of dihydropyridines is 1. The number of piperidine rings is 1. The fourth-order valence-electron chi connectivity index (χ4n) is 2.43. The number of amidine groups is 1. The first-order valence-electron chi connectivity index (χ1n) is 7.15. The van der Waals surface area contributed by atoms with Crippen molar-refractivity contribution in [2.75, 3.05) is 20.2 Å². The van der Waals surface area contributed by atoms with Gasteiger partial charge in [-0.2, -0.15) is 0 Å². The number of ether oxygens (including phenoxy) is 2. The van der Waals surface area contributed by atoms with Gasteiger partial charge < -0.3 is 9.47 Å². The molecule has 0 aliphatic carbocycles. The Bertz CT molecular complexity index is 502. The summed E-state index contributed by atoms with van der Waals surface area (Å²) in [6.07, 6.45) is 3.12. The van der Waals surface area contributed by atoms with Gasteiger partial charge in [-0.05, 0) is 39.2 Å². The zero-order chi connectivity index (χ0) is 15.6. The van der Waals surface area contributed by atoms with Crippen LogP contribution in [0.4, 0.5) is 4.79 Å². The number of aliphatic imine (C=N–C) groups is 1. The molecule has 1 fully saturated rings. The molecule has 0 N–H and O–H groups in total. The van der Waals surface area contributed by atoms with Crippen molar-refractivity contribution >= 4 is 17.9 Å². The first-order valence-corrected chi connectivity index (χ1v) is 7.15. The van der Waals surface area contributed by atoms with Gasteiger partial charge in [-0.15, -0.1) is 0 Å². The van der Waals surface area contributed by atoms with Crippen LogP contribution in [0.3, 0.4) is 0 Å². The molecule has 1 saturated heterocycles. The van der Waals surface area contributed by atoms with Crippen LogP contribution in [0.2, 0.25) is 0 Å². The lowest BCUT2D eigenvalue weighted by atomic mass is 9.95. The van der Waals surface area contributed by atoms with Crippen LogP contribution < -0.4 is 0 Å². The molecular formula is C15H22N2O4. The molecule has 21 heavy (non-hydrogen) atoms. The maximum atomic E-state index is 12.2. The number of hydrogen-bond donors (Lipinski definition) is 0. The molecule has 0 aromatic rings. The highest BCUT2D eigenvalue weighted by Crippen LogP contribution is 2.26. The number of nitrogens with zero attached hydrogens (tertiary/aromatic N) is 2. The zero-order valence-corrected chi connectivity index (χ0v) is 13.0. The summed E-state index contributed by atoms with van der Waals surface area (Å²) in [5.41, 5.74) is 0.385. The maximum absolute atomic E-state index is 12.2. The lowest BCUT2D eigenvalue weighted by molar-refractivity contribution is -0.143. The van der Waals surface area contributed by atoms with Crippen molar-refractivity contribution in [2.45, 2.75) is 39.2 Å². The van der Waals surface area contributed by atoms with Gasteiger partial charge in [0.1, 0.15) is 11.4 Å². The summed E-state index contributed by atoms with van der Waals surface area (Å²) >= 11 is 0. The Morgan fingerprint density at radius 1 is 1.38 bits per heavy atom. The number of hydrogen-bond acceptors (Lipinski definition) is 5. The van der Waals surface area contributed by atoms with Gasteiger partial charge in [-0.25, -0.2) is 4.79 Å². The molecule has 6 nitrogen and oxygen atoms in total. The maximum Gasteiger partial charge on any atom is 0.415 e. The third-order valence-electron chi connectivity index (χ3n) is 3.33. The lowest BCUT2D eigenvalue weighted by Gasteiger charge is -2.34. The summed E-state index contributed by atoms with van der Waals surface area (Å²) in [4.78, 5) is 29.8. The summed E-state index contributed by atoms with van der Waals surface area (Å²) in [5.74, 6) is -0.0114. The van der Waals surface area contributed by atoms with E-state index < -0.39 is 5.60 Å². The molecule has 6 heteroatoms. The second kappa shape index (κ2) is 5.87. The van der Waals surface area contributed by atoms with E-state index in [1.807, 2.05) is 26.8 Å². The molecule has 2 aliphatic rings. The van der Waals surface area contributed by atoms with E-state index in [1.54, 1.807) is 4.90 Å². The van der Waals surface area contributed by atoms with E-state index >= 15 is 0 Å². The van der Waals surface area contributed by atoms with Crippen LogP contribution in [-0.4, -0.2) is 48.6 Å². The smallest absolute Gasteiger partial charge is 0.415 e. The molecule has 0 bridgehead atoms. The van der Waals surface area contributed by atoms with Crippen LogP contribution in [0.15, 0.2) is 16.6 Å². The predicted molar refractivity (Wildman–Crippen MR) is 78.1 cm³/mol. The minimum atomic E-state index is -0.539. The zero-order valence-electron chi connectivity index (χ0n) is 13.0. The summed E-state index contributed by atoms with van der Waals surface area (Å²) in [7, 11) is 1.37. The van der Waals surface area contributed by atoms with Crippen molar-refractivity contribution in [3.8, 4) is 0 Å². The SMILES string of the molecule is COC(=O)C1C=C2CCCN(C(=O)OC(C)(C)C)C2=NC1. The van der Waals surface area contributed by atoms with E-state index in [4.69, 9.17) is 9.47 Å². The van der Waals surface area contributed by atoms with Crippen LogP contribution >= 0.6 is 0 Å². The van der Waals surface area contributed by atoms with Crippen molar-refractivity contribution in [3.63, 3.8) is 0 Å². The van der Waals surface area contributed by atoms with Crippen molar-refractivity contribution in [1.29, 1.82) is 0 Å². The van der Waals surface area contributed by atoms with Crippen molar-refractivity contribution in [1.82, 2.24) is 4.90 Å². The third-order valence-corrected chi connectivity index (χ3v) is 3.33. The number of carbonyl (C=O) groups is 2. The molecule has 0 spiro atoms. The topological polar surface area (TPSA) is 68.2 Å². The van der Waals surface area contributed by atoms with E-state index in [-0.39, 0.29) is 18.0 Å². The highest BCUT2D eigenvalue weighted by atomic mass is 16.6. The minimum absolute atomic E-state index is 0.292. The standard InChI is InChI=1S/C15H22N2O4/c1-15(2,3)21-14(19)17-7-5-6-10-8-11(13(18)20-4)9-16-12(10)17/h8,11H,5-7,9H2,1-4H3. The number of likely N-dealkylation sites (tertiary alicyclic amines) is 1. The van der Waals surface area contributed by atoms with Gasteiger partial charge in [0.25, 0.3) is 0 Å². The number of methoxy groups -OCH3 is 1. The van der Waals surface area contributed by atoms with Crippen LogP contribution in [0, 0.1) is 5.92 Å². The molecule has 0 aromatic carbocycles. The molecular weight excluding hydrogens is 272 g/mol. The molecule has 0 radical (unpaired) electrons. The first-order chi connectivity index (χ1) is 9.81. The van der Waals surface area contributed by atoms with Crippen molar-refractivity contribution in [3.05, 3.63) is 11.6 Å². The second-order valence-corrected chi connectivity index (χ2v) is 6.22. The molecule has 2 aliphatic heterocycles. The van der Waals surface area contributed by atoms with Crippen LogP contribution in [0.5, 0.6) is 0 Å². The molecule has 2 heterocycles. The number of fused-ring (bicyclic) bond motifs is 1. The largest absolute Gasteiger partial charge is 0.469 e. The van der Waals surface area contributed by atoms with Gasteiger partial charge in [0.05, 0.1) is 19.6 Å². The second-order valence-electron chi connectivity index (χ2n) is 6.22. The quantitative estimate of drug-likeness (QED) is 0.695. The Morgan fingerprint density at radius 2 is 2.10 bits per heavy atom. The summed E-state index contributed by atoms with van der Waals surface area (Å²) in [6.45, 7) is 6.41. The van der Waals surface area contributed by atoms with Gasteiger partial charge >= 0.3 is 12.1 Å². The fraction of sp³-hybridized carbons (Fsp3) is 0.667. The highest BCUT2D eigenvalue weighted by Gasteiger charge is 2.33. The fourth-order valence-corrected chi connectivity index (χ4v) is 2.43. The number of rotatable bonds is 1. The average molecular weight is 294 g/mol. The van der Waals surface area contributed by atoms with Gasteiger partial charge in [-0.3, -0.25) is 14.7 Å². The molecule has 0 saturated carbocycles. The van der Waals surface area contributed by atoms with Crippen LogP contribution in [0.1, 0.15) is 33.6 Å². The number of carbonyl (C=O) groups excluding carboxylic acids is 2.